The Morgan fingerprint density at radius 1 is 1.29 bits per heavy atom. The molecular weight excluding hydrogens is 398 g/mol. The van der Waals surface area contributed by atoms with Crippen LogP contribution in [0, 0.1) is 17.8 Å². The predicted molar refractivity (Wildman–Crippen MR) is 116 cm³/mol. The van der Waals surface area contributed by atoms with E-state index in [1.807, 2.05) is 41.5 Å². The first-order valence-corrected chi connectivity index (χ1v) is 11.7. The first-order chi connectivity index (χ1) is 14.5. The third-order valence-electron chi connectivity index (χ3n) is 7.18. The Morgan fingerprint density at radius 2 is 1.97 bits per heavy atom. The number of carbonyl (C=O) groups excluding carboxylic acids is 3. The smallest absolute Gasteiger partial charge is 0.246 e. The molecule has 3 fully saturated rings. The number of aliphatic hydroxyl groups is 1. The van der Waals surface area contributed by atoms with E-state index in [2.05, 4.69) is 10.6 Å². The topological polar surface area (TPSA) is 108 Å². The van der Waals surface area contributed by atoms with Crippen molar-refractivity contribution >= 4 is 17.7 Å². The Hall–Kier alpha value is -1.67. The fraction of sp³-hybridized carbons (Fsp3) is 0.870. The van der Waals surface area contributed by atoms with Gasteiger partial charge in [0.25, 0.3) is 0 Å². The van der Waals surface area contributed by atoms with Crippen LogP contribution in [0.1, 0.15) is 67.2 Å². The van der Waals surface area contributed by atoms with Crippen molar-refractivity contribution in [2.45, 2.75) is 96.6 Å². The summed E-state index contributed by atoms with van der Waals surface area (Å²) >= 11 is 0. The molecule has 0 aromatic carbocycles. The lowest BCUT2D eigenvalue weighted by Gasteiger charge is -2.40. The van der Waals surface area contributed by atoms with Gasteiger partial charge in [0.05, 0.1) is 30.6 Å². The molecular formula is C23H39N3O5. The number of fused-ring (bicyclic) bond motifs is 1. The number of hydrogen-bond donors (Lipinski definition) is 3. The second-order valence-corrected chi connectivity index (χ2v) is 10.5. The Morgan fingerprint density at radius 3 is 2.52 bits per heavy atom. The van der Waals surface area contributed by atoms with Gasteiger partial charge < -0.3 is 25.4 Å². The quantitative estimate of drug-likeness (QED) is 0.529. The molecule has 2 unspecified atom stereocenters. The van der Waals surface area contributed by atoms with Crippen molar-refractivity contribution in [1.82, 2.24) is 15.5 Å². The van der Waals surface area contributed by atoms with Gasteiger partial charge in [-0.25, -0.2) is 0 Å². The van der Waals surface area contributed by atoms with Gasteiger partial charge in [0.2, 0.25) is 17.7 Å². The molecule has 2 bridgehead atoms. The van der Waals surface area contributed by atoms with Gasteiger partial charge in [-0.2, -0.15) is 0 Å². The van der Waals surface area contributed by atoms with Gasteiger partial charge >= 0.3 is 0 Å². The van der Waals surface area contributed by atoms with Gasteiger partial charge in [0, 0.05) is 12.1 Å². The van der Waals surface area contributed by atoms with Crippen molar-refractivity contribution in [2.75, 3.05) is 13.2 Å². The van der Waals surface area contributed by atoms with E-state index < -0.39 is 35.1 Å². The molecule has 0 radical (unpaired) electrons. The first kappa shape index (κ1) is 24.0. The highest BCUT2D eigenvalue weighted by Crippen LogP contribution is 2.59. The summed E-state index contributed by atoms with van der Waals surface area (Å²) in [6.45, 7) is 11.9. The predicted octanol–water partition coefficient (Wildman–Crippen LogP) is 1.21. The van der Waals surface area contributed by atoms with Crippen molar-refractivity contribution in [1.29, 1.82) is 0 Å². The molecule has 3 heterocycles. The van der Waals surface area contributed by atoms with Gasteiger partial charge in [0.1, 0.15) is 11.6 Å². The molecule has 8 nitrogen and oxygen atoms in total. The van der Waals surface area contributed by atoms with Crippen LogP contribution in [0.15, 0.2) is 0 Å². The zero-order valence-corrected chi connectivity index (χ0v) is 19.7. The molecule has 3 saturated heterocycles. The number of likely N-dealkylation sites (tertiary alicyclic amines) is 1. The largest absolute Gasteiger partial charge is 0.394 e. The minimum absolute atomic E-state index is 0.00122. The second-order valence-electron chi connectivity index (χ2n) is 10.5. The van der Waals surface area contributed by atoms with Gasteiger partial charge in [-0.3, -0.25) is 14.4 Å². The standard InChI is InChI=1S/C23H39N3O5/c1-7-11-24-19(28)16-15-9-10-23(31-15)17(16)21(30)26(14(12-27)13(3)8-2)18(23)20(29)25-22(4,5)6/h13-18,27H,7-12H2,1-6H3,(H,24,28)(H,25,29)/t13-,14-,15+,16-,17-,18?,23?/m0/s1. The number of nitrogens with zero attached hydrogens (tertiary/aromatic N) is 1. The number of amides is 3. The van der Waals surface area contributed by atoms with Crippen LogP contribution in [-0.2, 0) is 19.1 Å². The van der Waals surface area contributed by atoms with Crippen molar-refractivity contribution in [3.63, 3.8) is 0 Å². The zero-order valence-electron chi connectivity index (χ0n) is 19.7. The summed E-state index contributed by atoms with van der Waals surface area (Å²) in [6, 6.07) is -1.36. The minimum atomic E-state index is -1.02. The summed E-state index contributed by atoms with van der Waals surface area (Å²) in [5.74, 6) is -1.99. The Bertz CT molecular complexity index is 720. The van der Waals surface area contributed by atoms with Crippen LogP contribution >= 0.6 is 0 Å². The Balaban J connectivity index is 2.05. The minimum Gasteiger partial charge on any atom is -0.394 e. The maximum absolute atomic E-state index is 13.8. The number of nitrogens with one attached hydrogen (secondary N) is 2. The molecule has 0 aromatic rings. The van der Waals surface area contributed by atoms with Crippen LogP contribution in [0.3, 0.4) is 0 Å². The molecule has 31 heavy (non-hydrogen) atoms. The van der Waals surface area contributed by atoms with E-state index in [4.69, 9.17) is 4.74 Å². The molecule has 0 aliphatic carbocycles. The average Bonchev–Trinajstić information content (AvgIpc) is 3.33. The van der Waals surface area contributed by atoms with Gasteiger partial charge in [-0.1, -0.05) is 27.2 Å². The summed E-state index contributed by atoms with van der Waals surface area (Å²) in [5, 5.41) is 16.2. The van der Waals surface area contributed by atoms with Crippen LogP contribution < -0.4 is 10.6 Å². The van der Waals surface area contributed by atoms with Crippen LogP contribution in [-0.4, -0.2) is 70.2 Å². The monoisotopic (exact) mass is 437 g/mol. The third kappa shape index (κ3) is 3.97. The van der Waals surface area contributed by atoms with Crippen molar-refractivity contribution in [2.24, 2.45) is 17.8 Å². The Labute approximate surface area is 185 Å². The van der Waals surface area contributed by atoms with Gasteiger partial charge in [-0.15, -0.1) is 0 Å². The van der Waals surface area contributed by atoms with Gasteiger partial charge in [0.15, 0.2) is 0 Å². The van der Waals surface area contributed by atoms with E-state index in [0.717, 1.165) is 12.8 Å². The zero-order chi connectivity index (χ0) is 23.1. The second kappa shape index (κ2) is 8.70. The van der Waals surface area contributed by atoms with Crippen LogP contribution in [0.25, 0.3) is 0 Å². The highest BCUT2D eigenvalue weighted by Gasteiger charge is 2.75. The molecule has 0 saturated carbocycles. The summed E-state index contributed by atoms with van der Waals surface area (Å²) in [6.07, 6.45) is 2.41. The number of aliphatic hydroxyl groups excluding tert-OH is 1. The van der Waals surface area contributed by atoms with E-state index in [1.165, 1.54) is 0 Å². The molecule has 3 N–H and O–H groups in total. The van der Waals surface area contributed by atoms with Crippen LogP contribution in [0.4, 0.5) is 0 Å². The molecule has 7 atom stereocenters. The van der Waals surface area contributed by atoms with Crippen LogP contribution in [0.5, 0.6) is 0 Å². The lowest BCUT2D eigenvalue weighted by molar-refractivity contribution is -0.147. The summed E-state index contributed by atoms with van der Waals surface area (Å²) in [5.41, 5.74) is -1.51. The molecule has 3 amide bonds. The first-order valence-electron chi connectivity index (χ1n) is 11.7. The molecule has 3 aliphatic heterocycles. The normalized spacial score (nSPS) is 33.9. The van der Waals surface area contributed by atoms with Gasteiger partial charge in [-0.05, 0) is 46.0 Å². The molecule has 176 valence electrons. The fourth-order valence-corrected chi connectivity index (χ4v) is 5.67. The van der Waals surface area contributed by atoms with Crippen molar-refractivity contribution in [3.05, 3.63) is 0 Å². The van der Waals surface area contributed by atoms with E-state index >= 15 is 0 Å². The van der Waals surface area contributed by atoms with Crippen molar-refractivity contribution < 1.29 is 24.2 Å². The van der Waals surface area contributed by atoms with E-state index in [9.17, 15) is 19.5 Å². The van der Waals surface area contributed by atoms with E-state index in [1.54, 1.807) is 4.90 Å². The highest BCUT2D eigenvalue weighted by atomic mass is 16.5. The third-order valence-corrected chi connectivity index (χ3v) is 7.18. The highest BCUT2D eigenvalue weighted by molar-refractivity contribution is 5.99. The Kier molecular flexibility index (Phi) is 6.73. The number of carbonyl (C=O) groups is 3. The molecule has 1 spiro atoms. The summed E-state index contributed by atoms with van der Waals surface area (Å²) in [7, 11) is 0. The number of rotatable bonds is 8. The maximum atomic E-state index is 13.8. The van der Waals surface area contributed by atoms with Crippen molar-refractivity contribution in [3.8, 4) is 0 Å². The lowest BCUT2D eigenvalue weighted by Crippen LogP contribution is -2.61. The van der Waals surface area contributed by atoms with E-state index in [0.29, 0.717) is 19.4 Å². The maximum Gasteiger partial charge on any atom is 0.246 e. The molecule has 3 aliphatic rings. The summed E-state index contributed by atoms with van der Waals surface area (Å²) in [4.78, 5) is 42.0. The molecule has 8 heteroatoms. The average molecular weight is 438 g/mol. The summed E-state index contributed by atoms with van der Waals surface area (Å²) < 4.78 is 6.39. The molecule has 0 aromatic heterocycles. The lowest BCUT2D eigenvalue weighted by atomic mass is 9.70. The SMILES string of the molecule is CCCNC(=O)[C@@H]1[C@H]2C(=O)N([C@@H](CO)[C@@H](C)CC)C(C(=O)NC(C)(C)C)C23CC[C@H]1O3. The number of ether oxygens (including phenoxy) is 1. The molecule has 3 rings (SSSR count). The number of hydrogen-bond acceptors (Lipinski definition) is 5. The van der Waals surface area contributed by atoms with E-state index in [-0.39, 0.29) is 36.4 Å². The van der Waals surface area contributed by atoms with Crippen LogP contribution in [0.2, 0.25) is 0 Å². The fourth-order valence-electron chi connectivity index (χ4n) is 5.67.